The lowest BCUT2D eigenvalue weighted by atomic mass is 9.96. The molecular formula is C22H37N7O6. The van der Waals surface area contributed by atoms with Gasteiger partial charge in [0.15, 0.2) is 0 Å². The van der Waals surface area contributed by atoms with Crippen molar-refractivity contribution in [1.29, 1.82) is 0 Å². The topological polar surface area (TPSA) is 222 Å². The maximum absolute atomic E-state index is 13.1. The smallest absolute Gasteiger partial charge is 0.326 e. The van der Waals surface area contributed by atoms with Crippen LogP contribution >= 0.6 is 0 Å². The number of hydrogen-bond donors (Lipinski definition) is 7. The van der Waals surface area contributed by atoms with Crippen LogP contribution in [0.3, 0.4) is 0 Å². The Morgan fingerprint density at radius 3 is 2.03 bits per heavy atom. The fourth-order valence-corrected chi connectivity index (χ4v) is 3.30. The predicted octanol–water partition coefficient (Wildman–Crippen LogP) is -1.21. The van der Waals surface area contributed by atoms with Gasteiger partial charge >= 0.3 is 5.97 Å². The van der Waals surface area contributed by atoms with E-state index in [0.29, 0.717) is 18.5 Å². The van der Waals surface area contributed by atoms with Crippen molar-refractivity contribution in [3.05, 3.63) is 18.2 Å². The Balaban J connectivity index is 3.00. The van der Waals surface area contributed by atoms with Gasteiger partial charge < -0.3 is 37.5 Å². The van der Waals surface area contributed by atoms with Crippen molar-refractivity contribution < 1.29 is 29.1 Å². The second-order valence-electron chi connectivity index (χ2n) is 8.70. The van der Waals surface area contributed by atoms with Crippen LogP contribution in [0.1, 0.15) is 52.7 Å². The van der Waals surface area contributed by atoms with Gasteiger partial charge in [-0.2, -0.15) is 0 Å². The third-order valence-corrected chi connectivity index (χ3v) is 5.94. The van der Waals surface area contributed by atoms with Gasteiger partial charge in [0.1, 0.15) is 18.1 Å². The van der Waals surface area contributed by atoms with Crippen LogP contribution in [0.5, 0.6) is 0 Å². The lowest BCUT2D eigenvalue weighted by Gasteiger charge is -2.28. The number of rotatable bonds is 15. The summed E-state index contributed by atoms with van der Waals surface area (Å²) in [5.74, 6) is -5.03. The lowest BCUT2D eigenvalue weighted by Crippen LogP contribution is -2.59. The molecule has 6 atom stereocenters. The number of nitrogens with zero attached hydrogens (tertiary/aromatic N) is 1. The summed E-state index contributed by atoms with van der Waals surface area (Å²) in [6.07, 6.45) is 3.59. The zero-order valence-corrected chi connectivity index (χ0v) is 20.5. The van der Waals surface area contributed by atoms with E-state index in [9.17, 15) is 29.1 Å². The normalized spacial score (nSPS) is 16.1. The zero-order valence-electron chi connectivity index (χ0n) is 20.5. The van der Waals surface area contributed by atoms with E-state index in [4.69, 9.17) is 11.5 Å². The van der Waals surface area contributed by atoms with E-state index < -0.39 is 66.1 Å². The molecule has 9 N–H and O–H groups in total. The molecule has 1 aromatic heterocycles. The predicted molar refractivity (Wildman–Crippen MR) is 126 cm³/mol. The van der Waals surface area contributed by atoms with E-state index in [-0.39, 0.29) is 12.3 Å². The molecule has 0 aliphatic rings. The SMILES string of the molecule is CCC(C)C(NC(=O)C(CC(N)=O)NC(=O)C(NC(=O)C(N)Cc1cnc[nH]1)C(C)CC)C(=O)O. The average Bonchev–Trinajstić information content (AvgIpc) is 3.31. The van der Waals surface area contributed by atoms with Crippen molar-refractivity contribution in [3.8, 4) is 0 Å². The summed E-state index contributed by atoms with van der Waals surface area (Å²) in [6, 6.07) is -4.67. The van der Waals surface area contributed by atoms with E-state index >= 15 is 0 Å². The molecule has 13 heteroatoms. The quantitative estimate of drug-likeness (QED) is 0.156. The number of nitrogens with one attached hydrogen (secondary N) is 4. The molecule has 1 aromatic rings. The Hall–Kier alpha value is -3.48. The molecule has 0 saturated carbocycles. The maximum atomic E-state index is 13.1. The number of aliphatic carboxylic acids is 1. The number of carboxylic acids is 1. The number of carbonyl (C=O) groups is 5. The van der Waals surface area contributed by atoms with Crippen LogP contribution in [0.15, 0.2) is 12.5 Å². The standard InChI is InChI=1S/C22H37N7O6/c1-5-11(3)17(28-19(31)14(23)7-13-9-25-10-26-13)21(33)27-15(8-16(24)30)20(32)29-18(22(34)35)12(4)6-2/h9-12,14-15,17-18H,5-8,23H2,1-4H3,(H2,24,30)(H,25,26)(H,27,33)(H,28,31)(H,29,32)(H,34,35). The van der Waals surface area contributed by atoms with E-state index in [1.54, 1.807) is 20.8 Å². The van der Waals surface area contributed by atoms with Crippen molar-refractivity contribution in [1.82, 2.24) is 25.9 Å². The summed E-state index contributed by atoms with van der Waals surface area (Å²) < 4.78 is 0. The van der Waals surface area contributed by atoms with Crippen molar-refractivity contribution in [2.24, 2.45) is 23.3 Å². The molecule has 0 radical (unpaired) electrons. The van der Waals surface area contributed by atoms with Crippen LogP contribution in [0.25, 0.3) is 0 Å². The highest BCUT2D eigenvalue weighted by Gasteiger charge is 2.34. The summed E-state index contributed by atoms with van der Waals surface area (Å²) in [6.45, 7) is 6.98. The van der Waals surface area contributed by atoms with Crippen LogP contribution in [0, 0.1) is 11.8 Å². The van der Waals surface area contributed by atoms with Crippen molar-refractivity contribution >= 4 is 29.6 Å². The van der Waals surface area contributed by atoms with Crippen molar-refractivity contribution in [3.63, 3.8) is 0 Å². The first-order valence-corrected chi connectivity index (χ1v) is 11.6. The van der Waals surface area contributed by atoms with Gasteiger partial charge in [0, 0.05) is 18.3 Å². The number of amides is 4. The molecule has 0 saturated heterocycles. The second-order valence-corrected chi connectivity index (χ2v) is 8.70. The van der Waals surface area contributed by atoms with Gasteiger partial charge in [-0.1, -0.05) is 40.5 Å². The third-order valence-electron chi connectivity index (χ3n) is 5.94. The van der Waals surface area contributed by atoms with Gasteiger partial charge in [-0.25, -0.2) is 9.78 Å². The van der Waals surface area contributed by atoms with E-state index in [1.165, 1.54) is 12.5 Å². The van der Waals surface area contributed by atoms with Gasteiger partial charge in [-0.05, 0) is 11.8 Å². The highest BCUT2D eigenvalue weighted by molar-refractivity contribution is 5.96. The zero-order chi connectivity index (χ0) is 26.7. The van der Waals surface area contributed by atoms with E-state index in [1.807, 2.05) is 6.92 Å². The molecule has 6 unspecified atom stereocenters. The Morgan fingerprint density at radius 1 is 0.971 bits per heavy atom. The molecule has 0 fully saturated rings. The summed E-state index contributed by atoms with van der Waals surface area (Å²) in [5.41, 5.74) is 11.9. The molecule has 0 aliphatic carbocycles. The van der Waals surface area contributed by atoms with Crippen molar-refractivity contribution in [2.45, 2.75) is 77.5 Å². The summed E-state index contributed by atoms with van der Waals surface area (Å²) in [7, 11) is 0. The highest BCUT2D eigenvalue weighted by atomic mass is 16.4. The minimum atomic E-state index is -1.42. The number of carboxylic acid groups (broad SMARTS) is 1. The number of aromatic nitrogens is 2. The molecule has 0 spiro atoms. The number of primary amides is 1. The monoisotopic (exact) mass is 495 g/mol. The van der Waals surface area contributed by atoms with E-state index in [2.05, 4.69) is 25.9 Å². The lowest BCUT2D eigenvalue weighted by molar-refractivity contribution is -0.144. The Bertz CT molecular complexity index is 876. The minimum absolute atomic E-state index is 0.166. The molecule has 0 aliphatic heterocycles. The molecule has 35 heavy (non-hydrogen) atoms. The minimum Gasteiger partial charge on any atom is -0.480 e. The summed E-state index contributed by atoms with van der Waals surface area (Å²) in [4.78, 5) is 68.4. The van der Waals surface area contributed by atoms with E-state index in [0.717, 1.165) is 0 Å². The molecule has 0 aromatic carbocycles. The van der Waals surface area contributed by atoms with Gasteiger partial charge in [-0.15, -0.1) is 0 Å². The molecule has 13 nitrogen and oxygen atoms in total. The van der Waals surface area contributed by atoms with Gasteiger partial charge in [0.2, 0.25) is 23.6 Å². The molecule has 196 valence electrons. The molecule has 1 heterocycles. The first-order chi connectivity index (χ1) is 16.4. The third kappa shape index (κ3) is 9.35. The molecule has 0 bridgehead atoms. The molecular weight excluding hydrogens is 458 g/mol. The first-order valence-electron chi connectivity index (χ1n) is 11.6. The first kappa shape index (κ1) is 29.6. The summed E-state index contributed by atoms with van der Waals surface area (Å²) in [5, 5.41) is 16.9. The molecule has 4 amide bonds. The Kier molecular flexibility index (Phi) is 11.9. The maximum Gasteiger partial charge on any atom is 0.326 e. The number of carbonyl (C=O) groups excluding carboxylic acids is 4. The van der Waals surface area contributed by atoms with Crippen LogP contribution in [-0.4, -0.2) is 68.8 Å². The van der Waals surface area contributed by atoms with Crippen LogP contribution in [0.4, 0.5) is 0 Å². The summed E-state index contributed by atoms with van der Waals surface area (Å²) >= 11 is 0. The number of nitrogens with two attached hydrogens (primary N) is 2. The van der Waals surface area contributed by atoms with Crippen LogP contribution in [0.2, 0.25) is 0 Å². The fraction of sp³-hybridized carbons (Fsp3) is 0.636. The number of H-pyrrole nitrogens is 1. The van der Waals surface area contributed by atoms with Crippen LogP contribution in [-0.2, 0) is 30.4 Å². The average molecular weight is 496 g/mol. The van der Waals surface area contributed by atoms with Gasteiger partial charge in [0.05, 0.1) is 18.8 Å². The number of hydrogen-bond acceptors (Lipinski definition) is 7. The van der Waals surface area contributed by atoms with Gasteiger partial charge in [0.25, 0.3) is 0 Å². The fourth-order valence-electron chi connectivity index (χ4n) is 3.30. The Labute approximate surface area is 204 Å². The van der Waals surface area contributed by atoms with Gasteiger partial charge in [-0.3, -0.25) is 19.2 Å². The molecule has 1 rings (SSSR count). The highest BCUT2D eigenvalue weighted by Crippen LogP contribution is 2.11. The number of imidazole rings is 1. The Morgan fingerprint density at radius 2 is 1.54 bits per heavy atom. The largest absolute Gasteiger partial charge is 0.480 e. The van der Waals surface area contributed by atoms with Crippen LogP contribution < -0.4 is 27.4 Å². The second kappa shape index (κ2) is 14.0. The number of aromatic amines is 1. The van der Waals surface area contributed by atoms with Crippen molar-refractivity contribution in [2.75, 3.05) is 0 Å².